The first kappa shape index (κ1) is 16.7. The molecule has 0 aliphatic carbocycles. The number of hydrogen-bond acceptors (Lipinski definition) is 3. The van der Waals surface area contributed by atoms with Gasteiger partial charge in [-0.05, 0) is 35.9 Å². The third kappa shape index (κ3) is 4.04. The third-order valence-electron chi connectivity index (χ3n) is 3.75. The molecule has 25 heavy (non-hydrogen) atoms. The van der Waals surface area contributed by atoms with Gasteiger partial charge in [0, 0.05) is 11.1 Å². The van der Waals surface area contributed by atoms with Crippen molar-refractivity contribution in [3.63, 3.8) is 0 Å². The van der Waals surface area contributed by atoms with Crippen LogP contribution in [-0.2, 0) is 6.61 Å². The highest BCUT2D eigenvalue weighted by Crippen LogP contribution is 2.29. The molecule has 0 amide bonds. The number of carbonyl (C=O) groups is 1. The summed E-state index contributed by atoms with van der Waals surface area (Å²) in [6, 6.07) is 20.3. The van der Waals surface area contributed by atoms with Gasteiger partial charge < -0.3 is 9.47 Å². The van der Waals surface area contributed by atoms with Crippen LogP contribution in [0.1, 0.15) is 21.5 Å². The van der Waals surface area contributed by atoms with Gasteiger partial charge in [0.05, 0.1) is 7.11 Å². The highest BCUT2D eigenvalue weighted by molar-refractivity contribution is 6.09. The molecule has 0 N–H and O–H groups in total. The van der Waals surface area contributed by atoms with Crippen molar-refractivity contribution >= 4 is 5.78 Å². The fraction of sp³-hybridized carbons (Fsp3) is 0.0952. The zero-order valence-corrected chi connectivity index (χ0v) is 13.7. The van der Waals surface area contributed by atoms with Crippen LogP contribution < -0.4 is 9.47 Å². The van der Waals surface area contributed by atoms with E-state index in [9.17, 15) is 9.18 Å². The summed E-state index contributed by atoms with van der Waals surface area (Å²) in [4.78, 5) is 12.5. The molecule has 0 aliphatic heterocycles. The van der Waals surface area contributed by atoms with Crippen LogP contribution in [0.4, 0.5) is 4.39 Å². The summed E-state index contributed by atoms with van der Waals surface area (Å²) in [7, 11) is 1.52. The molecular formula is C21H17FO3. The lowest BCUT2D eigenvalue weighted by molar-refractivity contribution is 0.103. The summed E-state index contributed by atoms with van der Waals surface area (Å²) in [5, 5.41) is 0. The molecule has 3 rings (SSSR count). The minimum Gasteiger partial charge on any atom is -0.493 e. The average molecular weight is 336 g/mol. The maximum atomic E-state index is 13.3. The molecule has 0 heterocycles. The monoisotopic (exact) mass is 336 g/mol. The van der Waals surface area contributed by atoms with Crippen LogP contribution in [0.2, 0.25) is 0 Å². The van der Waals surface area contributed by atoms with Crippen LogP contribution in [0.25, 0.3) is 0 Å². The number of carbonyl (C=O) groups excluding carboxylic acids is 1. The third-order valence-corrected chi connectivity index (χ3v) is 3.75. The van der Waals surface area contributed by atoms with E-state index in [1.165, 1.54) is 25.3 Å². The van der Waals surface area contributed by atoms with E-state index in [1.807, 2.05) is 30.3 Å². The van der Waals surface area contributed by atoms with Crippen LogP contribution in [0.3, 0.4) is 0 Å². The summed E-state index contributed by atoms with van der Waals surface area (Å²) in [6.07, 6.45) is 0. The molecule has 0 aliphatic rings. The fourth-order valence-corrected chi connectivity index (χ4v) is 2.46. The first-order valence-electron chi connectivity index (χ1n) is 7.82. The van der Waals surface area contributed by atoms with Gasteiger partial charge in [0.1, 0.15) is 12.4 Å². The van der Waals surface area contributed by atoms with Crippen LogP contribution >= 0.6 is 0 Å². The second kappa shape index (κ2) is 7.62. The lowest BCUT2D eigenvalue weighted by Gasteiger charge is -2.12. The zero-order chi connectivity index (χ0) is 17.6. The van der Waals surface area contributed by atoms with Crippen molar-refractivity contribution in [2.45, 2.75) is 6.61 Å². The zero-order valence-electron chi connectivity index (χ0n) is 13.7. The van der Waals surface area contributed by atoms with Gasteiger partial charge in [-0.15, -0.1) is 0 Å². The Hall–Kier alpha value is -3.14. The molecule has 0 atom stereocenters. The van der Waals surface area contributed by atoms with Crippen molar-refractivity contribution in [2.24, 2.45) is 0 Å². The Balaban J connectivity index is 1.80. The molecule has 0 bridgehead atoms. The number of rotatable bonds is 6. The number of ketones is 1. The van der Waals surface area contributed by atoms with Crippen LogP contribution in [0.15, 0.2) is 72.8 Å². The number of ether oxygens (including phenoxy) is 2. The molecule has 3 aromatic rings. The van der Waals surface area contributed by atoms with Crippen molar-refractivity contribution in [1.82, 2.24) is 0 Å². The molecule has 0 fully saturated rings. The Morgan fingerprint density at radius 1 is 0.880 bits per heavy atom. The van der Waals surface area contributed by atoms with Gasteiger partial charge in [0.2, 0.25) is 0 Å². The molecule has 0 radical (unpaired) electrons. The molecule has 4 heteroatoms. The van der Waals surface area contributed by atoms with E-state index in [4.69, 9.17) is 9.47 Å². The maximum Gasteiger partial charge on any atom is 0.193 e. The molecule has 3 aromatic carbocycles. The van der Waals surface area contributed by atoms with Gasteiger partial charge in [-0.3, -0.25) is 4.79 Å². The standard InChI is InChI=1S/C21H17FO3/c1-24-20-13-17(21(23)16-8-5-9-18(22)12-16)10-11-19(20)25-14-15-6-3-2-4-7-15/h2-13H,14H2,1H3. The largest absolute Gasteiger partial charge is 0.493 e. The second-order valence-corrected chi connectivity index (χ2v) is 5.48. The van der Waals surface area contributed by atoms with Crippen LogP contribution in [0.5, 0.6) is 11.5 Å². The summed E-state index contributed by atoms with van der Waals surface area (Å²) >= 11 is 0. The molecular weight excluding hydrogens is 319 g/mol. The number of methoxy groups -OCH3 is 1. The molecule has 126 valence electrons. The highest BCUT2D eigenvalue weighted by atomic mass is 19.1. The van der Waals surface area contributed by atoms with Crippen LogP contribution in [-0.4, -0.2) is 12.9 Å². The SMILES string of the molecule is COc1cc(C(=O)c2cccc(F)c2)ccc1OCc1ccccc1. The number of benzene rings is 3. The van der Waals surface area contributed by atoms with Crippen molar-refractivity contribution in [2.75, 3.05) is 7.11 Å². The number of halogens is 1. The van der Waals surface area contributed by atoms with Gasteiger partial charge in [-0.1, -0.05) is 42.5 Å². The van der Waals surface area contributed by atoms with Gasteiger partial charge >= 0.3 is 0 Å². The van der Waals surface area contributed by atoms with E-state index in [-0.39, 0.29) is 5.78 Å². The Morgan fingerprint density at radius 2 is 1.64 bits per heavy atom. The minimum absolute atomic E-state index is 0.271. The second-order valence-electron chi connectivity index (χ2n) is 5.48. The summed E-state index contributed by atoms with van der Waals surface area (Å²) in [5.74, 6) is 0.286. The molecule has 0 saturated carbocycles. The summed E-state index contributed by atoms with van der Waals surface area (Å²) in [5.41, 5.74) is 1.74. The van der Waals surface area contributed by atoms with Gasteiger partial charge in [-0.2, -0.15) is 0 Å². The predicted octanol–water partition coefficient (Wildman–Crippen LogP) is 4.64. The van der Waals surface area contributed by atoms with E-state index >= 15 is 0 Å². The summed E-state index contributed by atoms with van der Waals surface area (Å²) in [6.45, 7) is 0.397. The van der Waals surface area contributed by atoms with Gasteiger partial charge in [-0.25, -0.2) is 4.39 Å². The maximum absolute atomic E-state index is 13.3. The lowest BCUT2D eigenvalue weighted by Crippen LogP contribution is -2.03. The van der Waals surface area contributed by atoms with E-state index < -0.39 is 5.82 Å². The Labute approximate surface area is 145 Å². The fourth-order valence-electron chi connectivity index (χ4n) is 2.46. The van der Waals surface area contributed by atoms with Crippen molar-refractivity contribution < 1.29 is 18.7 Å². The van der Waals surface area contributed by atoms with Gasteiger partial charge in [0.25, 0.3) is 0 Å². The Bertz CT molecular complexity index is 875. The quantitative estimate of drug-likeness (QED) is 0.615. The molecule has 0 spiro atoms. The molecule has 3 nitrogen and oxygen atoms in total. The first-order chi connectivity index (χ1) is 12.2. The van der Waals surface area contributed by atoms with E-state index in [2.05, 4.69) is 0 Å². The van der Waals surface area contributed by atoms with E-state index in [0.29, 0.717) is 29.2 Å². The average Bonchev–Trinajstić information content (AvgIpc) is 2.66. The van der Waals surface area contributed by atoms with Crippen molar-refractivity contribution in [1.29, 1.82) is 0 Å². The smallest absolute Gasteiger partial charge is 0.193 e. The lowest BCUT2D eigenvalue weighted by atomic mass is 10.0. The molecule has 0 aromatic heterocycles. The topological polar surface area (TPSA) is 35.5 Å². The normalized spacial score (nSPS) is 10.3. The highest BCUT2D eigenvalue weighted by Gasteiger charge is 2.14. The predicted molar refractivity (Wildman–Crippen MR) is 93.6 cm³/mol. The van der Waals surface area contributed by atoms with E-state index in [1.54, 1.807) is 24.3 Å². The van der Waals surface area contributed by atoms with Crippen LogP contribution in [0, 0.1) is 5.82 Å². The van der Waals surface area contributed by atoms with Crippen molar-refractivity contribution in [3.8, 4) is 11.5 Å². The minimum atomic E-state index is -0.444. The van der Waals surface area contributed by atoms with Gasteiger partial charge in [0.15, 0.2) is 17.3 Å². The Morgan fingerprint density at radius 3 is 2.36 bits per heavy atom. The molecule has 0 unspecified atom stereocenters. The van der Waals surface area contributed by atoms with E-state index in [0.717, 1.165) is 5.56 Å². The molecule has 0 saturated heterocycles. The van der Waals surface area contributed by atoms with Crippen molar-refractivity contribution in [3.05, 3.63) is 95.3 Å². The number of hydrogen-bond donors (Lipinski definition) is 0. The summed E-state index contributed by atoms with van der Waals surface area (Å²) < 4.78 is 24.4. The first-order valence-corrected chi connectivity index (χ1v) is 7.82. The Kier molecular flexibility index (Phi) is 5.09.